The van der Waals surface area contributed by atoms with Gasteiger partial charge in [0.1, 0.15) is 16.4 Å². The highest BCUT2D eigenvalue weighted by Gasteiger charge is 2.31. The van der Waals surface area contributed by atoms with Crippen LogP contribution in [0.15, 0.2) is 48.5 Å². The summed E-state index contributed by atoms with van der Waals surface area (Å²) in [7, 11) is -3.03. The van der Waals surface area contributed by atoms with Gasteiger partial charge in [0.05, 0.1) is 17.0 Å². The zero-order valence-corrected chi connectivity index (χ0v) is 18.9. The van der Waals surface area contributed by atoms with Gasteiger partial charge >= 0.3 is 12.3 Å². The second-order valence-electron chi connectivity index (χ2n) is 8.40. The number of hydrogen-bond acceptors (Lipinski definition) is 4. The second kappa shape index (κ2) is 9.21. The normalized spacial score (nSPS) is 16.4. The average molecular weight is 496 g/mol. The van der Waals surface area contributed by atoms with E-state index in [1.165, 1.54) is 4.57 Å². The summed E-state index contributed by atoms with van der Waals surface area (Å²) in [5, 5.41) is 14.9. The number of carboxylic acid groups (broad SMARTS) is 1. The van der Waals surface area contributed by atoms with Crippen LogP contribution < -0.4 is 10.6 Å². The lowest BCUT2D eigenvalue weighted by Gasteiger charge is -2.24. The van der Waals surface area contributed by atoms with Gasteiger partial charge in [-0.05, 0) is 42.2 Å². The molecular formula is C23H24F3N3O4S. The fraction of sp³-hybridized carbons (Fsp3) is 0.348. The molecule has 7 nitrogen and oxygen atoms in total. The molecule has 1 aliphatic heterocycles. The highest BCUT2D eigenvalue weighted by Crippen LogP contribution is 2.35. The number of nitrogens with one attached hydrogen (secondary N) is 2. The summed E-state index contributed by atoms with van der Waals surface area (Å²) in [6, 6.07) is 13.4. The molecule has 0 atom stereocenters. The molecule has 0 aliphatic carbocycles. The number of alkyl halides is 3. The largest absolute Gasteiger partial charge is 0.465 e. The van der Waals surface area contributed by atoms with Crippen molar-refractivity contribution < 1.29 is 31.5 Å². The zero-order chi connectivity index (χ0) is 24.5. The molecule has 0 spiro atoms. The van der Waals surface area contributed by atoms with Gasteiger partial charge in [-0.2, -0.15) is 13.2 Å². The van der Waals surface area contributed by atoms with Crippen LogP contribution in [0.3, 0.4) is 0 Å². The summed E-state index contributed by atoms with van der Waals surface area (Å²) < 4.78 is 65.1. The third-order valence-corrected chi connectivity index (χ3v) is 7.61. The Bertz CT molecular complexity index is 1290. The van der Waals surface area contributed by atoms with E-state index in [2.05, 4.69) is 10.6 Å². The third kappa shape index (κ3) is 5.64. The van der Waals surface area contributed by atoms with Crippen LogP contribution in [0, 0.1) is 0 Å². The SMILES string of the molecule is O=C(O)NCc1ccc(-c2cc3c(NC4CCS(=O)(=O)CC4)cccc3n2CC(F)(F)F)cc1. The molecule has 0 saturated carbocycles. The van der Waals surface area contributed by atoms with Gasteiger partial charge < -0.3 is 20.3 Å². The van der Waals surface area contributed by atoms with Crippen molar-refractivity contribution >= 4 is 32.5 Å². The topological polar surface area (TPSA) is 100 Å². The van der Waals surface area contributed by atoms with E-state index in [0.29, 0.717) is 46.3 Å². The van der Waals surface area contributed by atoms with Crippen LogP contribution in [-0.4, -0.2) is 47.9 Å². The Hall–Kier alpha value is -3.21. The summed E-state index contributed by atoms with van der Waals surface area (Å²) in [4.78, 5) is 10.7. The molecule has 0 unspecified atom stereocenters. The number of aromatic nitrogens is 1. The van der Waals surface area contributed by atoms with Crippen LogP contribution in [0.25, 0.3) is 22.2 Å². The molecule has 0 radical (unpaired) electrons. The van der Waals surface area contributed by atoms with Gasteiger partial charge in [-0.1, -0.05) is 30.3 Å². The molecule has 3 N–H and O–H groups in total. The lowest BCUT2D eigenvalue weighted by Crippen LogP contribution is -2.32. The van der Waals surface area contributed by atoms with Crippen LogP contribution in [0.1, 0.15) is 18.4 Å². The summed E-state index contributed by atoms with van der Waals surface area (Å²) in [5.74, 6) is 0.175. The molecule has 2 heterocycles. The fourth-order valence-electron chi connectivity index (χ4n) is 4.22. The highest BCUT2D eigenvalue weighted by atomic mass is 32.2. The number of carbonyl (C=O) groups is 1. The molecule has 1 fully saturated rings. The van der Waals surface area contributed by atoms with Crippen LogP contribution in [-0.2, 0) is 22.9 Å². The third-order valence-electron chi connectivity index (χ3n) is 5.89. The molecule has 1 amide bonds. The van der Waals surface area contributed by atoms with Gasteiger partial charge in [-0.15, -0.1) is 0 Å². The predicted molar refractivity (Wildman–Crippen MR) is 124 cm³/mol. The van der Waals surface area contributed by atoms with Gasteiger partial charge in [-0.3, -0.25) is 0 Å². The predicted octanol–water partition coefficient (Wildman–Crippen LogP) is 4.63. The molecule has 1 aromatic heterocycles. The van der Waals surface area contributed by atoms with Gasteiger partial charge in [0.2, 0.25) is 0 Å². The molecule has 1 saturated heterocycles. The number of hydrogen-bond donors (Lipinski definition) is 3. The highest BCUT2D eigenvalue weighted by molar-refractivity contribution is 7.91. The molecule has 0 bridgehead atoms. The van der Waals surface area contributed by atoms with E-state index < -0.39 is 28.7 Å². The first kappa shape index (κ1) is 23.9. The van der Waals surface area contributed by atoms with E-state index in [1.807, 2.05) is 0 Å². The fourth-order valence-corrected chi connectivity index (χ4v) is 5.72. The van der Waals surface area contributed by atoms with Crippen molar-refractivity contribution in [1.29, 1.82) is 0 Å². The van der Waals surface area contributed by atoms with Gasteiger partial charge in [0.15, 0.2) is 0 Å². The standard InChI is InChI=1S/C23H24F3N3O4S/c24-23(25,26)14-29-20-3-1-2-19(28-17-8-10-34(32,33)11-9-17)18(20)12-21(29)16-6-4-15(5-7-16)13-27-22(30)31/h1-7,12,17,27-28H,8-11,13-14H2,(H,30,31). The molecule has 1 aliphatic rings. The minimum Gasteiger partial charge on any atom is -0.465 e. The van der Waals surface area contributed by atoms with Crippen molar-refractivity contribution in [2.24, 2.45) is 0 Å². The summed E-state index contributed by atoms with van der Waals surface area (Å²) in [6.07, 6.45) is -4.71. The quantitative estimate of drug-likeness (QED) is 0.463. The number of sulfone groups is 1. The number of benzene rings is 2. The van der Waals surface area contributed by atoms with E-state index in [9.17, 15) is 26.4 Å². The first-order valence-corrected chi connectivity index (χ1v) is 12.5. The first-order chi connectivity index (χ1) is 16.0. The van der Waals surface area contributed by atoms with Gasteiger partial charge in [-0.25, -0.2) is 13.2 Å². The second-order valence-corrected chi connectivity index (χ2v) is 10.7. The van der Waals surface area contributed by atoms with Crippen molar-refractivity contribution in [2.45, 2.75) is 38.1 Å². The molecule has 2 aromatic carbocycles. The molecule has 3 aromatic rings. The van der Waals surface area contributed by atoms with Gasteiger partial charge in [0, 0.05) is 29.4 Å². The first-order valence-electron chi connectivity index (χ1n) is 10.7. The Morgan fingerprint density at radius 3 is 2.38 bits per heavy atom. The van der Waals surface area contributed by atoms with E-state index in [4.69, 9.17) is 5.11 Å². The Labute approximate surface area is 194 Å². The monoisotopic (exact) mass is 495 g/mol. The Kier molecular flexibility index (Phi) is 6.48. The van der Waals surface area contributed by atoms with Crippen LogP contribution >= 0.6 is 0 Å². The number of amides is 1. The number of nitrogens with zero attached hydrogens (tertiary/aromatic N) is 1. The van der Waals surface area contributed by atoms with Crippen molar-refractivity contribution in [3.8, 4) is 11.3 Å². The van der Waals surface area contributed by atoms with Gasteiger partial charge in [0.25, 0.3) is 0 Å². The Morgan fingerprint density at radius 2 is 1.76 bits per heavy atom. The summed E-state index contributed by atoms with van der Waals surface area (Å²) in [6.45, 7) is -1.08. The van der Waals surface area contributed by atoms with E-state index in [1.54, 1.807) is 48.5 Å². The number of halogens is 3. The molecular weight excluding hydrogens is 471 g/mol. The molecule has 182 valence electrons. The zero-order valence-electron chi connectivity index (χ0n) is 18.1. The Morgan fingerprint density at radius 1 is 1.09 bits per heavy atom. The maximum atomic E-state index is 13.5. The molecule has 4 rings (SSSR count). The number of anilines is 1. The lowest BCUT2D eigenvalue weighted by molar-refractivity contribution is -0.139. The molecule has 11 heteroatoms. The van der Waals surface area contributed by atoms with Crippen LogP contribution in [0.2, 0.25) is 0 Å². The minimum absolute atomic E-state index is 0.0791. The summed E-state index contributed by atoms with van der Waals surface area (Å²) >= 11 is 0. The van der Waals surface area contributed by atoms with Crippen LogP contribution in [0.4, 0.5) is 23.7 Å². The van der Waals surface area contributed by atoms with E-state index in [-0.39, 0.29) is 24.1 Å². The van der Waals surface area contributed by atoms with Crippen molar-refractivity contribution in [3.05, 3.63) is 54.1 Å². The maximum absolute atomic E-state index is 13.5. The van der Waals surface area contributed by atoms with E-state index >= 15 is 0 Å². The molecule has 34 heavy (non-hydrogen) atoms. The maximum Gasteiger partial charge on any atom is 0.406 e. The lowest BCUT2D eigenvalue weighted by atomic mass is 10.1. The summed E-state index contributed by atoms with van der Waals surface area (Å²) in [5.41, 5.74) is 2.70. The van der Waals surface area contributed by atoms with Crippen molar-refractivity contribution in [2.75, 3.05) is 16.8 Å². The minimum atomic E-state index is -4.44. The van der Waals surface area contributed by atoms with E-state index in [0.717, 1.165) is 0 Å². The average Bonchev–Trinajstić information content (AvgIpc) is 3.12. The Balaban J connectivity index is 1.70. The number of fused-ring (bicyclic) bond motifs is 1. The van der Waals surface area contributed by atoms with Crippen molar-refractivity contribution in [1.82, 2.24) is 9.88 Å². The van der Waals surface area contributed by atoms with Crippen molar-refractivity contribution in [3.63, 3.8) is 0 Å². The van der Waals surface area contributed by atoms with Crippen LogP contribution in [0.5, 0.6) is 0 Å². The number of rotatable bonds is 6. The smallest absolute Gasteiger partial charge is 0.406 e.